The molecule has 0 saturated heterocycles. The quantitative estimate of drug-likeness (QED) is 0.675. The van der Waals surface area contributed by atoms with E-state index in [0.717, 1.165) is 21.9 Å². The molecule has 0 radical (unpaired) electrons. The smallest absolute Gasteiger partial charge is 0.307 e. The minimum Gasteiger partial charge on any atom is -0.457 e. The molecule has 5 nitrogen and oxygen atoms in total. The maximum Gasteiger partial charge on any atom is 0.307 e. The Bertz CT molecular complexity index is 1000. The average molecular weight is 382 g/mol. The molecular formula is C21H22N2O3S. The van der Waals surface area contributed by atoms with Gasteiger partial charge in [0.15, 0.2) is 0 Å². The van der Waals surface area contributed by atoms with Crippen LogP contribution in [-0.2, 0) is 11.3 Å². The number of aromatic nitrogens is 1. The summed E-state index contributed by atoms with van der Waals surface area (Å²) in [5.74, 6) is 1.35. The fourth-order valence-corrected chi connectivity index (χ4v) is 3.56. The summed E-state index contributed by atoms with van der Waals surface area (Å²) in [5.41, 5.74) is 2.75. The van der Waals surface area contributed by atoms with Crippen LogP contribution in [0.4, 0.5) is 5.69 Å². The zero-order valence-corrected chi connectivity index (χ0v) is 16.4. The number of aryl methyl sites for hydroxylation is 2. The first-order valence-corrected chi connectivity index (χ1v) is 9.55. The molecule has 27 heavy (non-hydrogen) atoms. The highest BCUT2D eigenvalue weighted by molar-refractivity contribution is 7.09. The summed E-state index contributed by atoms with van der Waals surface area (Å²) < 4.78 is 7.45. The van der Waals surface area contributed by atoms with Crippen molar-refractivity contribution in [1.29, 1.82) is 0 Å². The van der Waals surface area contributed by atoms with Crippen LogP contribution in [0.3, 0.4) is 0 Å². The monoisotopic (exact) mass is 382 g/mol. The van der Waals surface area contributed by atoms with E-state index >= 15 is 0 Å². The molecule has 0 aliphatic rings. The maximum atomic E-state index is 12.2. The lowest BCUT2D eigenvalue weighted by Gasteiger charge is -2.09. The van der Waals surface area contributed by atoms with Crippen LogP contribution in [-0.4, -0.2) is 10.5 Å². The van der Waals surface area contributed by atoms with Crippen LogP contribution in [0.15, 0.2) is 53.3 Å². The van der Waals surface area contributed by atoms with Gasteiger partial charge in [0.2, 0.25) is 5.91 Å². The lowest BCUT2D eigenvalue weighted by molar-refractivity contribution is -0.116. The van der Waals surface area contributed by atoms with Gasteiger partial charge in [-0.25, -0.2) is 0 Å². The molecule has 6 heteroatoms. The third kappa shape index (κ3) is 4.86. The van der Waals surface area contributed by atoms with Gasteiger partial charge in [-0.15, -0.1) is 0 Å². The zero-order valence-electron chi connectivity index (χ0n) is 15.6. The normalized spacial score (nSPS) is 10.6. The standard InChI is InChI=1S/C21H22N2O3S/c1-14-5-4-6-19(13-14)26-18-9-7-17(8-10-18)22-20(24)11-12-23-15(2)16(3)27-21(23)25/h4-10,13H,11-12H2,1-3H3,(H,22,24). The van der Waals surface area contributed by atoms with Crippen molar-refractivity contribution in [1.82, 2.24) is 4.57 Å². The number of benzene rings is 2. The first-order chi connectivity index (χ1) is 12.9. The number of thiazole rings is 1. The van der Waals surface area contributed by atoms with E-state index < -0.39 is 0 Å². The lowest BCUT2D eigenvalue weighted by atomic mass is 10.2. The van der Waals surface area contributed by atoms with Crippen LogP contribution in [0.1, 0.15) is 22.6 Å². The summed E-state index contributed by atoms with van der Waals surface area (Å²) in [6.45, 7) is 6.21. The number of carbonyl (C=O) groups excluding carboxylic acids is 1. The molecule has 1 aromatic heterocycles. The van der Waals surface area contributed by atoms with Gasteiger partial charge >= 0.3 is 4.87 Å². The molecule has 1 amide bonds. The molecule has 1 heterocycles. The molecule has 0 saturated carbocycles. The molecule has 0 spiro atoms. The second kappa shape index (κ2) is 8.22. The van der Waals surface area contributed by atoms with E-state index in [1.165, 1.54) is 11.3 Å². The van der Waals surface area contributed by atoms with Gasteiger partial charge in [-0.2, -0.15) is 0 Å². The van der Waals surface area contributed by atoms with Crippen molar-refractivity contribution in [3.8, 4) is 11.5 Å². The number of nitrogens with one attached hydrogen (secondary N) is 1. The van der Waals surface area contributed by atoms with Gasteiger partial charge in [-0.05, 0) is 62.7 Å². The average Bonchev–Trinajstić information content (AvgIpc) is 2.87. The molecule has 0 aliphatic heterocycles. The topological polar surface area (TPSA) is 60.3 Å². The lowest BCUT2D eigenvalue weighted by Crippen LogP contribution is -2.20. The molecule has 3 rings (SSSR count). The van der Waals surface area contributed by atoms with Crippen LogP contribution in [0.2, 0.25) is 0 Å². The van der Waals surface area contributed by atoms with Crippen molar-refractivity contribution >= 4 is 22.9 Å². The van der Waals surface area contributed by atoms with Crippen molar-refractivity contribution in [2.45, 2.75) is 33.7 Å². The predicted molar refractivity (Wildman–Crippen MR) is 109 cm³/mol. The SMILES string of the molecule is Cc1cccc(Oc2ccc(NC(=O)CCn3c(C)c(C)sc3=O)cc2)c1. The molecule has 0 bridgehead atoms. The van der Waals surface area contributed by atoms with Crippen LogP contribution in [0.25, 0.3) is 0 Å². The van der Waals surface area contributed by atoms with Crippen molar-refractivity contribution in [2.24, 2.45) is 0 Å². The van der Waals surface area contributed by atoms with Crippen LogP contribution in [0.5, 0.6) is 11.5 Å². The summed E-state index contributed by atoms with van der Waals surface area (Å²) in [6, 6.07) is 15.1. The van der Waals surface area contributed by atoms with Crippen LogP contribution < -0.4 is 14.9 Å². The van der Waals surface area contributed by atoms with Crippen LogP contribution >= 0.6 is 11.3 Å². The van der Waals surface area contributed by atoms with E-state index in [0.29, 0.717) is 18.0 Å². The zero-order chi connectivity index (χ0) is 19.4. The fraction of sp³-hybridized carbons (Fsp3) is 0.238. The molecule has 140 valence electrons. The highest BCUT2D eigenvalue weighted by atomic mass is 32.1. The Labute approximate surface area is 162 Å². The molecule has 0 fully saturated rings. The minimum atomic E-state index is -0.127. The number of anilines is 1. The molecule has 3 aromatic rings. The third-order valence-electron chi connectivity index (χ3n) is 4.30. The third-order valence-corrected chi connectivity index (χ3v) is 5.30. The first kappa shape index (κ1) is 18.9. The van der Waals surface area contributed by atoms with Gasteiger partial charge in [0.25, 0.3) is 0 Å². The van der Waals surface area contributed by atoms with Gasteiger partial charge in [-0.1, -0.05) is 23.5 Å². The summed E-state index contributed by atoms with van der Waals surface area (Å²) in [7, 11) is 0. The second-order valence-electron chi connectivity index (χ2n) is 6.40. The largest absolute Gasteiger partial charge is 0.457 e. The number of nitrogens with zero attached hydrogens (tertiary/aromatic N) is 1. The van der Waals surface area contributed by atoms with Crippen molar-refractivity contribution < 1.29 is 9.53 Å². The second-order valence-corrected chi connectivity index (χ2v) is 7.57. The molecule has 0 atom stereocenters. The van der Waals surface area contributed by atoms with Crippen molar-refractivity contribution in [3.63, 3.8) is 0 Å². The number of hydrogen-bond donors (Lipinski definition) is 1. The van der Waals surface area contributed by atoms with Crippen molar-refractivity contribution in [3.05, 3.63) is 74.3 Å². The van der Waals surface area contributed by atoms with E-state index in [2.05, 4.69) is 5.32 Å². The van der Waals surface area contributed by atoms with Crippen molar-refractivity contribution in [2.75, 3.05) is 5.32 Å². The van der Waals surface area contributed by atoms with Gasteiger partial charge in [0.1, 0.15) is 11.5 Å². The highest BCUT2D eigenvalue weighted by Crippen LogP contribution is 2.23. The number of hydrogen-bond acceptors (Lipinski definition) is 4. The molecule has 0 aliphatic carbocycles. The van der Waals surface area contributed by atoms with Gasteiger partial charge in [0, 0.05) is 29.2 Å². The van der Waals surface area contributed by atoms with E-state index in [-0.39, 0.29) is 17.2 Å². The number of carbonyl (C=O) groups is 1. The van der Waals surface area contributed by atoms with Gasteiger partial charge < -0.3 is 14.6 Å². The molecular weight excluding hydrogens is 360 g/mol. The molecule has 1 N–H and O–H groups in total. The minimum absolute atomic E-state index is 0.0181. The van der Waals surface area contributed by atoms with Gasteiger partial charge in [0.05, 0.1) is 0 Å². The summed E-state index contributed by atoms with van der Waals surface area (Å²) in [4.78, 5) is 25.0. The van der Waals surface area contributed by atoms with E-state index in [9.17, 15) is 9.59 Å². The first-order valence-electron chi connectivity index (χ1n) is 8.73. The Morgan fingerprint density at radius 3 is 2.44 bits per heavy atom. The number of ether oxygens (including phenoxy) is 1. The summed E-state index contributed by atoms with van der Waals surface area (Å²) in [6.07, 6.45) is 0.248. The summed E-state index contributed by atoms with van der Waals surface area (Å²) >= 11 is 1.22. The Morgan fingerprint density at radius 2 is 1.81 bits per heavy atom. The Kier molecular flexibility index (Phi) is 5.76. The van der Waals surface area contributed by atoms with Gasteiger partial charge in [-0.3, -0.25) is 9.59 Å². The summed E-state index contributed by atoms with van der Waals surface area (Å²) in [5, 5.41) is 2.85. The number of amides is 1. The fourth-order valence-electron chi connectivity index (χ4n) is 2.70. The predicted octanol–water partition coefficient (Wildman–Crippen LogP) is 4.66. The van der Waals surface area contributed by atoms with E-state index in [4.69, 9.17) is 4.74 Å². The molecule has 0 unspecified atom stereocenters. The highest BCUT2D eigenvalue weighted by Gasteiger charge is 2.10. The Morgan fingerprint density at radius 1 is 1.07 bits per heavy atom. The van der Waals surface area contributed by atoms with E-state index in [1.807, 2.05) is 57.2 Å². The van der Waals surface area contributed by atoms with Crippen LogP contribution in [0, 0.1) is 20.8 Å². The Balaban J connectivity index is 1.56. The Hall–Kier alpha value is -2.86. The molecule has 2 aromatic carbocycles. The van der Waals surface area contributed by atoms with E-state index in [1.54, 1.807) is 16.7 Å². The number of rotatable bonds is 6. The maximum absolute atomic E-state index is 12.2.